The zero-order chi connectivity index (χ0) is 19.6. The second-order valence-corrected chi connectivity index (χ2v) is 5.58. The van der Waals surface area contributed by atoms with E-state index in [0.717, 1.165) is 11.1 Å². The number of hydrogen-bond donors (Lipinski definition) is 0. The summed E-state index contributed by atoms with van der Waals surface area (Å²) in [5.41, 5.74) is 1.91. The summed E-state index contributed by atoms with van der Waals surface area (Å²) >= 11 is 0. The maximum absolute atomic E-state index is 5.76. The minimum atomic E-state index is 0.493. The Balaban J connectivity index is 2.30. The Morgan fingerprint density at radius 2 is 1.30 bits per heavy atom. The third-order valence-corrected chi connectivity index (χ3v) is 3.91. The van der Waals surface area contributed by atoms with Crippen LogP contribution >= 0.6 is 0 Å². The SMILES string of the molecule is C/C=C/COc1cc(/C=C\c2cc(OC)c(OC)c(OC)c2)ccc1OC. The molecular formula is C22H26O5. The summed E-state index contributed by atoms with van der Waals surface area (Å²) in [5, 5.41) is 0. The Bertz CT molecular complexity index is 783. The molecule has 0 amide bonds. The zero-order valence-corrected chi connectivity index (χ0v) is 16.4. The Morgan fingerprint density at radius 1 is 0.704 bits per heavy atom. The third-order valence-electron chi connectivity index (χ3n) is 3.91. The largest absolute Gasteiger partial charge is 0.493 e. The average Bonchev–Trinajstić information content (AvgIpc) is 2.71. The summed E-state index contributed by atoms with van der Waals surface area (Å²) in [6, 6.07) is 9.59. The quantitative estimate of drug-likeness (QED) is 0.467. The minimum Gasteiger partial charge on any atom is -0.493 e. The van der Waals surface area contributed by atoms with E-state index in [-0.39, 0.29) is 0 Å². The van der Waals surface area contributed by atoms with Crippen molar-refractivity contribution in [1.29, 1.82) is 0 Å². The molecule has 0 N–H and O–H groups in total. The smallest absolute Gasteiger partial charge is 0.203 e. The van der Waals surface area contributed by atoms with Gasteiger partial charge in [0.25, 0.3) is 0 Å². The van der Waals surface area contributed by atoms with Gasteiger partial charge in [-0.15, -0.1) is 0 Å². The lowest BCUT2D eigenvalue weighted by Crippen LogP contribution is -1.96. The van der Waals surface area contributed by atoms with Gasteiger partial charge in [-0.1, -0.05) is 30.4 Å². The van der Waals surface area contributed by atoms with Gasteiger partial charge in [0.1, 0.15) is 6.61 Å². The van der Waals surface area contributed by atoms with E-state index in [0.29, 0.717) is 35.4 Å². The monoisotopic (exact) mass is 370 g/mol. The van der Waals surface area contributed by atoms with Crippen LogP contribution in [-0.4, -0.2) is 35.0 Å². The summed E-state index contributed by atoms with van der Waals surface area (Å²) in [4.78, 5) is 0. The highest BCUT2D eigenvalue weighted by molar-refractivity contribution is 5.73. The van der Waals surface area contributed by atoms with Gasteiger partial charge < -0.3 is 23.7 Å². The van der Waals surface area contributed by atoms with Gasteiger partial charge in [0.15, 0.2) is 23.0 Å². The highest BCUT2D eigenvalue weighted by atomic mass is 16.5. The molecule has 0 aromatic heterocycles. The van der Waals surface area contributed by atoms with E-state index >= 15 is 0 Å². The normalized spacial score (nSPS) is 11.0. The first-order valence-electron chi connectivity index (χ1n) is 8.56. The minimum absolute atomic E-state index is 0.493. The molecule has 0 heterocycles. The van der Waals surface area contributed by atoms with Gasteiger partial charge in [0.05, 0.1) is 28.4 Å². The first kappa shape index (κ1) is 20.2. The molecule has 0 fully saturated rings. The average molecular weight is 370 g/mol. The summed E-state index contributed by atoms with van der Waals surface area (Å²) in [7, 11) is 6.41. The zero-order valence-electron chi connectivity index (χ0n) is 16.4. The van der Waals surface area contributed by atoms with Gasteiger partial charge >= 0.3 is 0 Å². The van der Waals surface area contributed by atoms with Crippen molar-refractivity contribution in [3.63, 3.8) is 0 Å². The molecule has 0 aliphatic rings. The van der Waals surface area contributed by atoms with Crippen molar-refractivity contribution in [2.45, 2.75) is 6.92 Å². The lowest BCUT2D eigenvalue weighted by atomic mass is 10.1. The molecule has 0 atom stereocenters. The fraction of sp³-hybridized carbons (Fsp3) is 0.273. The van der Waals surface area contributed by atoms with E-state index in [1.807, 2.05) is 61.6 Å². The number of allylic oxidation sites excluding steroid dienone is 1. The molecule has 2 aromatic rings. The molecule has 144 valence electrons. The van der Waals surface area contributed by atoms with Crippen molar-refractivity contribution < 1.29 is 23.7 Å². The Hall–Kier alpha value is -3.08. The summed E-state index contributed by atoms with van der Waals surface area (Å²) < 4.78 is 27.3. The molecule has 0 aliphatic carbocycles. The second-order valence-electron chi connectivity index (χ2n) is 5.58. The molecule has 2 rings (SSSR count). The molecule has 27 heavy (non-hydrogen) atoms. The van der Waals surface area contributed by atoms with Crippen molar-refractivity contribution in [2.24, 2.45) is 0 Å². The number of methoxy groups -OCH3 is 4. The van der Waals surface area contributed by atoms with Crippen LogP contribution in [-0.2, 0) is 0 Å². The van der Waals surface area contributed by atoms with Crippen LogP contribution in [0.3, 0.4) is 0 Å². The first-order chi connectivity index (χ1) is 13.2. The second kappa shape index (κ2) is 10.2. The summed E-state index contributed by atoms with van der Waals surface area (Å²) in [6.07, 6.45) is 7.85. The topological polar surface area (TPSA) is 46.2 Å². The molecular weight excluding hydrogens is 344 g/mol. The van der Waals surface area contributed by atoms with Crippen LogP contribution in [0.1, 0.15) is 18.1 Å². The lowest BCUT2D eigenvalue weighted by Gasteiger charge is -2.13. The van der Waals surface area contributed by atoms with E-state index in [1.165, 1.54) is 0 Å². The molecule has 5 heteroatoms. The van der Waals surface area contributed by atoms with E-state index in [4.69, 9.17) is 23.7 Å². The Kier molecular flexibility index (Phi) is 7.62. The van der Waals surface area contributed by atoms with Gasteiger partial charge in [0, 0.05) is 0 Å². The number of rotatable bonds is 9. The standard InChI is InChI=1S/C22H26O5/c1-6-7-12-27-19-13-16(10-11-18(19)23-2)8-9-17-14-20(24-3)22(26-5)21(15-17)25-4/h6-11,13-15H,12H2,1-5H3/b7-6+,9-8-. The Morgan fingerprint density at radius 3 is 1.85 bits per heavy atom. The van der Waals surface area contributed by atoms with Crippen molar-refractivity contribution in [3.05, 3.63) is 53.6 Å². The maximum Gasteiger partial charge on any atom is 0.203 e. The van der Waals surface area contributed by atoms with Gasteiger partial charge in [-0.3, -0.25) is 0 Å². The fourth-order valence-corrected chi connectivity index (χ4v) is 2.53. The van der Waals surface area contributed by atoms with Crippen molar-refractivity contribution in [3.8, 4) is 28.7 Å². The summed E-state index contributed by atoms with van der Waals surface area (Å²) in [6.45, 7) is 2.45. The van der Waals surface area contributed by atoms with Gasteiger partial charge in [0.2, 0.25) is 5.75 Å². The van der Waals surface area contributed by atoms with Crippen LogP contribution in [0.25, 0.3) is 12.2 Å². The van der Waals surface area contributed by atoms with E-state index < -0.39 is 0 Å². The van der Waals surface area contributed by atoms with E-state index in [2.05, 4.69) is 0 Å². The molecule has 5 nitrogen and oxygen atoms in total. The highest BCUT2D eigenvalue weighted by Crippen LogP contribution is 2.38. The fourth-order valence-electron chi connectivity index (χ4n) is 2.53. The predicted molar refractivity (Wildman–Crippen MR) is 108 cm³/mol. The molecule has 0 saturated heterocycles. The molecule has 0 saturated carbocycles. The molecule has 0 radical (unpaired) electrons. The number of ether oxygens (including phenoxy) is 5. The molecule has 0 bridgehead atoms. The van der Waals surface area contributed by atoms with E-state index in [9.17, 15) is 0 Å². The number of benzene rings is 2. The van der Waals surface area contributed by atoms with Crippen LogP contribution in [0.15, 0.2) is 42.5 Å². The lowest BCUT2D eigenvalue weighted by molar-refractivity contribution is 0.324. The molecule has 0 unspecified atom stereocenters. The Labute approximate surface area is 160 Å². The molecule has 0 aliphatic heterocycles. The van der Waals surface area contributed by atoms with Crippen molar-refractivity contribution in [2.75, 3.05) is 35.0 Å². The van der Waals surface area contributed by atoms with Gasteiger partial charge in [-0.2, -0.15) is 0 Å². The van der Waals surface area contributed by atoms with Gasteiger partial charge in [-0.25, -0.2) is 0 Å². The third kappa shape index (κ3) is 5.20. The van der Waals surface area contributed by atoms with Crippen LogP contribution in [0, 0.1) is 0 Å². The van der Waals surface area contributed by atoms with Gasteiger partial charge in [-0.05, 0) is 42.3 Å². The predicted octanol–water partition coefficient (Wildman–Crippen LogP) is 4.85. The number of hydrogen-bond acceptors (Lipinski definition) is 5. The van der Waals surface area contributed by atoms with Crippen molar-refractivity contribution in [1.82, 2.24) is 0 Å². The summed E-state index contributed by atoms with van der Waals surface area (Å²) in [5.74, 6) is 3.19. The van der Waals surface area contributed by atoms with Crippen LogP contribution in [0.5, 0.6) is 28.7 Å². The first-order valence-corrected chi connectivity index (χ1v) is 8.56. The highest BCUT2D eigenvalue weighted by Gasteiger charge is 2.12. The molecule has 2 aromatic carbocycles. The molecule has 0 spiro atoms. The van der Waals surface area contributed by atoms with Crippen LogP contribution in [0.4, 0.5) is 0 Å². The van der Waals surface area contributed by atoms with Crippen LogP contribution < -0.4 is 23.7 Å². The maximum atomic E-state index is 5.76. The van der Waals surface area contributed by atoms with E-state index in [1.54, 1.807) is 28.4 Å². The van der Waals surface area contributed by atoms with Crippen LogP contribution in [0.2, 0.25) is 0 Å². The van der Waals surface area contributed by atoms with Crippen molar-refractivity contribution >= 4 is 12.2 Å².